The maximum atomic E-state index is 13.2. The highest BCUT2D eigenvalue weighted by molar-refractivity contribution is 7.11. The third kappa shape index (κ3) is 4.29. The number of carbonyl (C=O) groups excluding carboxylic acids is 3. The van der Waals surface area contributed by atoms with Crippen molar-refractivity contribution in [1.29, 1.82) is 0 Å². The van der Waals surface area contributed by atoms with Gasteiger partial charge in [0.25, 0.3) is 11.8 Å². The first-order valence-electron chi connectivity index (χ1n) is 9.75. The van der Waals surface area contributed by atoms with Crippen LogP contribution in [0, 0.1) is 0 Å². The minimum absolute atomic E-state index is 0.145. The molecule has 0 bridgehead atoms. The molecule has 2 heterocycles. The average Bonchev–Trinajstić information content (AvgIpc) is 3.34. The zero-order valence-electron chi connectivity index (χ0n) is 17.0. The van der Waals surface area contributed by atoms with Crippen LogP contribution in [0.5, 0.6) is 0 Å². The van der Waals surface area contributed by atoms with Crippen LogP contribution in [0.15, 0.2) is 47.5 Å². The highest BCUT2D eigenvalue weighted by atomic mass is 32.1. The standard InChI is InChI=1S/C22H24N2O5S/c1-3-4-13-29-22(28)15-7-9-16(10-8-15)24-20(26)18(17-6-5-14-30-17)19(21(24)27)23(2)11-12-25/h5-10,14,25H,3-4,11-13H2,1-2H3. The Hall–Kier alpha value is -2.97. The molecule has 0 saturated heterocycles. The number of benzene rings is 1. The zero-order chi connectivity index (χ0) is 21.7. The average molecular weight is 429 g/mol. The van der Waals surface area contributed by atoms with Crippen molar-refractivity contribution in [1.82, 2.24) is 4.90 Å². The van der Waals surface area contributed by atoms with Gasteiger partial charge < -0.3 is 14.7 Å². The van der Waals surface area contributed by atoms with Crippen molar-refractivity contribution in [2.45, 2.75) is 19.8 Å². The van der Waals surface area contributed by atoms with Crippen molar-refractivity contribution < 1.29 is 24.2 Å². The van der Waals surface area contributed by atoms with Crippen LogP contribution in [0.2, 0.25) is 0 Å². The van der Waals surface area contributed by atoms with Gasteiger partial charge >= 0.3 is 5.97 Å². The summed E-state index contributed by atoms with van der Waals surface area (Å²) >= 11 is 1.37. The van der Waals surface area contributed by atoms with Crippen LogP contribution in [0.3, 0.4) is 0 Å². The van der Waals surface area contributed by atoms with E-state index in [-0.39, 0.29) is 18.8 Å². The zero-order valence-corrected chi connectivity index (χ0v) is 17.8. The van der Waals surface area contributed by atoms with Gasteiger partial charge in [-0.15, -0.1) is 11.3 Å². The van der Waals surface area contributed by atoms with Gasteiger partial charge in [0.05, 0.1) is 30.0 Å². The number of rotatable bonds is 9. The summed E-state index contributed by atoms with van der Waals surface area (Å²) in [6.45, 7) is 2.44. The van der Waals surface area contributed by atoms with Gasteiger partial charge in [0.15, 0.2) is 0 Å². The number of anilines is 1. The number of aliphatic hydroxyl groups is 1. The Balaban J connectivity index is 1.88. The molecule has 0 spiro atoms. The Morgan fingerprint density at radius 2 is 1.90 bits per heavy atom. The number of unbranched alkanes of at least 4 members (excludes halogenated alkanes) is 1. The van der Waals surface area contributed by atoms with Crippen molar-refractivity contribution in [3.8, 4) is 0 Å². The fourth-order valence-corrected chi connectivity index (χ4v) is 3.91. The first kappa shape index (κ1) is 21.7. The maximum absolute atomic E-state index is 13.2. The van der Waals surface area contributed by atoms with Crippen LogP contribution in [-0.4, -0.2) is 54.6 Å². The molecule has 1 aliphatic rings. The van der Waals surface area contributed by atoms with Gasteiger partial charge in [-0.1, -0.05) is 19.4 Å². The van der Waals surface area contributed by atoms with Crippen molar-refractivity contribution in [2.75, 3.05) is 31.7 Å². The highest BCUT2D eigenvalue weighted by Crippen LogP contribution is 2.36. The lowest BCUT2D eigenvalue weighted by Gasteiger charge is -2.20. The van der Waals surface area contributed by atoms with Crippen LogP contribution in [0.25, 0.3) is 5.57 Å². The highest BCUT2D eigenvalue weighted by Gasteiger charge is 2.42. The molecule has 2 amide bonds. The van der Waals surface area contributed by atoms with Crippen LogP contribution >= 0.6 is 11.3 Å². The van der Waals surface area contributed by atoms with Gasteiger partial charge in [0.1, 0.15) is 5.70 Å². The molecule has 2 aromatic rings. The molecule has 1 aromatic carbocycles. The van der Waals surface area contributed by atoms with Gasteiger partial charge in [-0.25, -0.2) is 9.69 Å². The number of thiophene rings is 1. The first-order chi connectivity index (χ1) is 14.5. The number of nitrogens with zero attached hydrogens (tertiary/aromatic N) is 2. The van der Waals surface area contributed by atoms with Crippen molar-refractivity contribution >= 4 is 40.4 Å². The van der Waals surface area contributed by atoms with E-state index in [9.17, 15) is 19.5 Å². The number of likely N-dealkylation sites (N-methyl/N-ethyl adjacent to an activating group) is 1. The summed E-state index contributed by atoms with van der Waals surface area (Å²) in [5, 5.41) is 11.1. The van der Waals surface area contributed by atoms with Crippen LogP contribution in [0.4, 0.5) is 5.69 Å². The summed E-state index contributed by atoms with van der Waals surface area (Å²) in [4.78, 5) is 41.8. The molecule has 0 unspecified atom stereocenters. The Morgan fingerprint density at radius 3 is 2.50 bits per heavy atom. The van der Waals surface area contributed by atoms with Crippen molar-refractivity contribution in [3.05, 3.63) is 57.9 Å². The lowest BCUT2D eigenvalue weighted by atomic mass is 10.1. The fourth-order valence-electron chi connectivity index (χ4n) is 3.15. The van der Waals surface area contributed by atoms with Gasteiger partial charge in [0.2, 0.25) is 0 Å². The van der Waals surface area contributed by atoms with E-state index in [2.05, 4.69) is 0 Å². The second kappa shape index (κ2) is 9.69. The van der Waals surface area contributed by atoms with Gasteiger partial charge in [-0.3, -0.25) is 9.59 Å². The molecule has 0 saturated carbocycles. The number of hydrogen-bond donors (Lipinski definition) is 1. The lowest BCUT2D eigenvalue weighted by molar-refractivity contribution is -0.120. The lowest BCUT2D eigenvalue weighted by Crippen LogP contribution is -2.34. The molecule has 0 fully saturated rings. The van der Waals surface area contributed by atoms with Gasteiger partial charge in [0, 0.05) is 18.5 Å². The maximum Gasteiger partial charge on any atom is 0.338 e. The summed E-state index contributed by atoms with van der Waals surface area (Å²) in [6, 6.07) is 9.82. The molecule has 1 aliphatic heterocycles. The minimum Gasteiger partial charge on any atom is -0.462 e. The molecule has 0 atom stereocenters. The van der Waals surface area contributed by atoms with E-state index in [1.807, 2.05) is 18.4 Å². The Morgan fingerprint density at radius 1 is 1.17 bits per heavy atom. The molecular weight excluding hydrogens is 404 g/mol. The molecule has 158 valence electrons. The molecule has 30 heavy (non-hydrogen) atoms. The second-order valence-electron chi connectivity index (χ2n) is 6.83. The molecule has 7 nitrogen and oxygen atoms in total. The predicted octanol–water partition coefficient (Wildman–Crippen LogP) is 2.91. The number of imide groups is 1. The molecule has 0 aliphatic carbocycles. The quantitative estimate of drug-likeness (QED) is 0.375. The number of carbonyl (C=O) groups is 3. The predicted molar refractivity (Wildman–Crippen MR) is 115 cm³/mol. The van der Waals surface area contributed by atoms with E-state index in [1.54, 1.807) is 42.3 Å². The van der Waals surface area contributed by atoms with E-state index in [4.69, 9.17) is 4.74 Å². The summed E-state index contributed by atoms with van der Waals surface area (Å²) in [7, 11) is 1.67. The number of hydrogen-bond acceptors (Lipinski definition) is 7. The Labute approximate surface area is 179 Å². The Bertz CT molecular complexity index is 950. The number of aliphatic hydroxyl groups excluding tert-OH is 1. The second-order valence-corrected chi connectivity index (χ2v) is 7.78. The van der Waals surface area contributed by atoms with Crippen LogP contribution in [0.1, 0.15) is 35.0 Å². The van der Waals surface area contributed by atoms with Gasteiger partial charge in [-0.05, 0) is 42.1 Å². The van der Waals surface area contributed by atoms with E-state index >= 15 is 0 Å². The first-order valence-corrected chi connectivity index (χ1v) is 10.6. The van der Waals surface area contributed by atoms with E-state index in [1.165, 1.54) is 11.3 Å². The van der Waals surface area contributed by atoms with Crippen LogP contribution in [-0.2, 0) is 14.3 Å². The largest absolute Gasteiger partial charge is 0.462 e. The Kier molecular flexibility index (Phi) is 7.02. The monoisotopic (exact) mass is 428 g/mol. The van der Waals surface area contributed by atoms with Crippen LogP contribution < -0.4 is 4.90 Å². The molecule has 8 heteroatoms. The summed E-state index contributed by atoms with van der Waals surface area (Å²) < 4.78 is 5.19. The van der Waals surface area contributed by atoms with E-state index in [0.717, 1.165) is 17.7 Å². The van der Waals surface area contributed by atoms with E-state index in [0.29, 0.717) is 28.3 Å². The minimum atomic E-state index is -0.461. The van der Waals surface area contributed by atoms with Crippen molar-refractivity contribution in [3.63, 3.8) is 0 Å². The molecule has 3 rings (SSSR count). The van der Waals surface area contributed by atoms with Gasteiger partial charge in [-0.2, -0.15) is 0 Å². The number of ether oxygens (including phenoxy) is 1. The molecule has 0 radical (unpaired) electrons. The summed E-state index contributed by atoms with van der Waals surface area (Å²) in [5.41, 5.74) is 1.29. The van der Waals surface area contributed by atoms with Crippen molar-refractivity contribution in [2.24, 2.45) is 0 Å². The third-order valence-electron chi connectivity index (χ3n) is 4.74. The molecule has 1 N–H and O–H groups in total. The fraction of sp³-hybridized carbons (Fsp3) is 0.318. The summed E-state index contributed by atoms with van der Waals surface area (Å²) in [5.74, 6) is -1.33. The normalized spacial score (nSPS) is 13.9. The molecular formula is C22H24N2O5S. The third-order valence-corrected chi connectivity index (χ3v) is 5.62. The smallest absolute Gasteiger partial charge is 0.338 e. The van der Waals surface area contributed by atoms with E-state index < -0.39 is 17.8 Å². The SMILES string of the molecule is CCCCOC(=O)c1ccc(N2C(=O)C(c3cccs3)=C(N(C)CCO)C2=O)cc1. The molecule has 1 aromatic heterocycles. The topological polar surface area (TPSA) is 87.2 Å². The summed E-state index contributed by atoms with van der Waals surface area (Å²) in [6.07, 6.45) is 1.72. The number of esters is 1. The number of amides is 2.